The van der Waals surface area contributed by atoms with Crippen molar-refractivity contribution in [3.05, 3.63) is 0 Å². The quantitative estimate of drug-likeness (QED) is 0.608. The summed E-state index contributed by atoms with van der Waals surface area (Å²) < 4.78 is 0. The van der Waals surface area contributed by atoms with Gasteiger partial charge in [-0.05, 0) is 6.42 Å². The second kappa shape index (κ2) is 3.61. The number of aromatic nitrogens is 3. The molecule has 0 bridgehead atoms. The van der Waals surface area contributed by atoms with Crippen LogP contribution in [-0.2, 0) is 0 Å². The van der Waals surface area contributed by atoms with E-state index in [4.69, 9.17) is 11.5 Å². The first-order valence-corrected chi connectivity index (χ1v) is 3.52. The maximum atomic E-state index is 5.32. The Morgan fingerprint density at radius 3 is 2.33 bits per heavy atom. The molecule has 0 saturated carbocycles. The second-order valence-corrected chi connectivity index (χ2v) is 2.07. The number of nitrogens with zero attached hydrogens (tertiary/aromatic N) is 4. The third-order valence-electron chi connectivity index (χ3n) is 1.05. The third-order valence-corrected chi connectivity index (χ3v) is 1.05. The van der Waals surface area contributed by atoms with Gasteiger partial charge in [-0.2, -0.15) is 15.0 Å². The lowest BCUT2D eigenvalue weighted by Crippen LogP contribution is -2.01. The highest BCUT2D eigenvalue weighted by molar-refractivity contribution is 5.60. The van der Waals surface area contributed by atoms with E-state index in [1.807, 2.05) is 6.92 Å². The maximum Gasteiger partial charge on any atom is 0.255 e. The number of anilines is 2. The van der Waals surface area contributed by atoms with Crippen LogP contribution in [0.3, 0.4) is 0 Å². The molecule has 0 amide bonds. The molecule has 1 aromatic heterocycles. The summed E-state index contributed by atoms with van der Waals surface area (Å²) in [7, 11) is 0. The summed E-state index contributed by atoms with van der Waals surface area (Å²) in [6.45, 7) is 1.96. The lowest BCUT2D eigenvalue weighted by molar-refractivity contribution is 1.06. The fraction of sp³-hybridized carbons (Fsp3) is 0.333. The maximum absolute atomic E-state index is 5.32. The van der Waals surface area contributed by atoms with Gasteiger partial charge in [0.15, 0.2) is 0 Å². The topological polar surface area (TPSA) is 103 Å². The molecule has 6 heteroatoms. The van der Waals surface area contributed by atoms with Crippen molar-refractivity contribution < 1.29 is 0 Å². The zero-order chi connectivity index (χ0) is 8.97. The van der Waals surface area contributed by atoms with E-state index < -0.39 is 0 Å². The summed E-state index contributed by atoms with van der Waals surface area (Å²) in [5.74, 6) is 0.429. The van der Waals surface area contributed by atoms with Crippen LogP contribution >= 0.6 is 0 Å². The normalized spacial score (nSPS) is 10.8. The molecule has 0 aliphatic rings. The Morgan fingerprint density at radius 1 is 1.25 bits per heavy atom. The van der Waals surface area contributed by atoms with E-state index in [-0.39, 0.29) is 17.8 Å². The first-order valence-electron chi connectivity index (χ1n) is 3.52. The molecule has 0 aromatic carbocycles. The largest absolute Gasteiger partial charge is 0.368 e. The zero-order valence-corrected chi connectivity index (χ0v) is 6.73. The predicted octanol–water partition coefficient (Wildman–Crippen LogP) is 0.148. The van der Waals surface area contributed by atoms with Gasteiger partial charge in [-0.25, -0.2) is 4.99 Å². The molecule has 64 valence electrons. The van der Waals surface area contributed by atoms with Crippen molar-refractivity contribution in [1.29, 1.82) is 0 Å². The average molecular weight is 166 g/mol. The Balaban J connectivity index is 2.93. The van der Waals surface area contributed by atoms with Crippen molar-refractivity contribution in [1.82, 2.24) is 15.0 Å². The number of rotatable bonds is 2. The van der Waals surface area contributed by atoms with Gasteiger partial charge in [-0.1, -0.05) is 6.92 Å². The molecule has 4 N–H and O–H groups in total. The van der Waals surface area contributed by atoms with Crippen LogP contribution in [0.15, 0.2) is 4.99 Å². The first kappa shape index (κ1) is 8.38. The minimum Gasteiger partial charge on any atom is -0.368 e. The van der Waals surface area contributed by atoms with Crippen LogP contribution in [0.2, 0.25) is 0 Å². The van der Waals surface area contributed by atoms with Crippen LogP contribution in [0.1, 0.15) is 13.3 Å². The minimum atomic E-state index is 0.0887. The van der Waals surface area contributed by atoms with Crippen molar-refractivity contribution >= 4 is 24.1 Å². The smallest absolute Gasteiger partial charge is 0.255 e. The van der Waals surface area contributed by atoms with Crippen LogP contribution in [0, 0.1) is 0 Å². The van der Waals surface area contributed by atoms with Crippen molar-refractivity contribution in [2.45, 2.75) is 13.3 Å². The van der Waals surface area contributed by atoms with Crippen molar-refractivity contribution in [3.63, 3.8) is 0 Å². The third kappa shape index (κ3) is 2.15. The SMILES string of the molecule is CCC=Nc1nc(N)nc(N)n1. The summed E-state index contributed by atoms with van der Waals surface area (Å²) in [6, 6.07) is 0. The molecule has 0 aliphatic carbocycles. The predicted molar refractivity (Wildman–Crippen MR) is 47.1 cm³/mol. The highest BCUT2D eigenvalue weighted by Crippen LogP contribution is 2.05. The molecule has 0 radical (unpaired) electrons. The Bertz CT molecular complexity index is 274. The van der Waals surface area contributed by atoms with E-state index in [9.17, 15) is 0 Å². The number of hydrogen-bond acceptors (Lipinski definition) is 6. The number of nitrogens with two attached hydrogens (primary N) is 2. The summed E-state index contributed by atoms with van der Waals surface area (Å²) in [5.41, 5.74) is 10.6. The molecule has 0 unspecified atom stereocenters. The molecular formula is C6H10N6. The molecule has 0 aliphatic heterocycles. The molecule has 1 rings (SSSR count). The zero-order valence-electron chi connectivity index (χ0n) is 6.73. The van der Waals surface area contributed by atoms with Gasteiger partial charge < -0.3 is 11.5 Å². The molecule has 0 fully saturated rings. The molecule has 0 saturated heterocycles. The number of aliphatic imine (C=N–C) groups is 1. The summed E-state index contributed by atoms with van der Waals surface area (Å²) in [4.78, 5) is 15.0. The highest BCUT2D eigenvalue weighted by Gasteiger charge is 1.97. The Labute approximate surface area is 69.8 Å². The van der Waals surface area contributed by atoms with Crippen LogP contribution < -0.4 is 11.5 Å². The van der Waals surface area contributed by atoms with E-state index >= 15 is 0 Å². The van der Waals surface area contributed by atoms with Gasteiger partial charge >= 0.3 is 0 Å². The molecule has 6 nitrogen and oxygen atoms in total. The van der Waals surface area contributed by atoms with Crippen LogP contribution in [0.25, 0.3) is 0 Å². The molecule has 0 atom stereocenters. The summed E-state index contributed by atoms with van der Waals surface area (Å²) in [5, 5.41) is 0. The second-order valence-electron chi connectivity index (χ2n) is 2.07. The number of hydrogen-bond donors (Lipinski definition) is 2. The molecule has 12 heavy (non-hydrogen) atoms. The van der Waals surface area contributed by atoms with Crippen molar-refractivity contribution in [3.8, 4) is 0 Å². The molecule has 0 spiro atoms. The van der Waals surface area contributed by atoms with Gasteiger partial charge in [0.25, 0.3) is 5.95 Å². The molecular weight excluding hydrogens is 156 g/mol. The van der Waals surface area contributed by atoms with Gasteiger partial charge in [-0.3, -0.25) is 0 Å². The fourth-order valence-electron chi connectivity index (χ4n) is 0.628. The van der Waals surface area contributed by atoms with Gasteiger partial charge in [0.05, 0.1) is 0 Å². The van der Waals surface area contributed by atoms with Crippen LogP contribution in [-0.4, -0.2) is 21.2 Å². The van der Waals surface area contributed by atoms with Gasteiger partial charge in [0.2, 0.25) is 11.9 Å². The van der Waals surface area contributed by atoms with E-state index in [1.165, 1.54) is 0 Å². The van der Waals surface area contributed by atoms with E-state index in [0.717, 1.165) is 6.42 Å². The van der Waals surface area contributed by atoms with Crippen molar-refractivity contribution in [2.75, 3.05) is 11.5 Å². The minimum absolute atomic E-state index is 0.0887. The lowest BCUT2D eigenvalue weighted by Gasteiger charge is -1.95. The highest BCUT2D eigenvalue weighted by atomic mass is 15.2. The van der Waals surface area contributed by atoms with E-state index in [1.54, 1.807) is 6.21 Å². The van der Waals surface area contributed by atoms with E-state index in [2.05, 4.69) is 19.9 Å². The molecule has 1 heterocycles. The van der Waals surface area contributed by atoms with Crippen LogP contribution in [0.5, 0.6) is 0 Å². The number of nitrogen functional groups attached to an aromatic ring is 2. The van der Waals surface area contributed by atoms with Gasteiger partial charge in [0, 0.05) is 6.21 Å². The fourth-order valence-corrected chi connectivity index (χ4v) is 0.628. The monoisotopic (exact) mass is 166 g/mol. The summed E-state index contributed by atoms with van der Waals surface area (Å²) in [6.07, 6.45) is 2.49. The Hall–Kier alpha value is -1.72. The average Bonchev–Trinajstić information content (AvgIpc) is 1.99. The Kier molecular flexibility index (Phi) is 2.52. The van der Waals surface area contributed by atoms with Crippen molar-refractivity contribution in [2.24, 2.45) is 4.99 Å². The Morgan fingerprint density at radius 2 is 1.83 bits per heavy atom. The standard InChI is InChI=1S/C6H10N6/c1-2-3-9-6-11-4(7)10-5(8)12-6/h3H,2H2,1H3,(H4,7,8,10,11,12). The lowest BCUT2D eigenvalue weighted by atomic mass is 10.5. The molecule has 1 aromatic rings. The summed E-state index contributed by atoms with van der Waals surface area (Å²) >= 11 is 0. The van der Waals surface area contributed by atoms with E-state index in [0.29, 0.717) is 0 Å². The van der Waals surface area contributed by atoms with Crippen LogP contribution in [0.4, 0.5) is 17.8 Å². The first-order chi connectivity index (χ1) is 5.72. The van der Waals surface area contributed by atoms with Gasteiger partial charge in [0.1, 0.15) is 0 Å². The van der Waals surface area contributed by atoms with Gasteiger partial charge in [-0.15, -0.1) is 0 Å².